The second-order valence-electron chi connectivity index (χ2n) is 4.65. The summed E-state index contributed by atoms with van der Waals surface area (Å²) in [6, 6.07) is 5.43. The number of aryl methyl sites for hydroxylation is 1. The van der Waals surface area contributed by atoms with Crippen molar-refractivity contribution < 1.29 is 14.7 Å². The quantitative estimate of drug-likeness (QED) is 0.868. The molecule has 20 heavy (non-hydrogen) atoms. The first-order chi connectivity index (χ1) is 9.58. The molecule has 0 aliphatic carbocycles. The van der Waals surface area contributed by atoms with Gasteiger partial charge in [-0.05, 0) is 30.2 Å². The lowest BCUT2D eigenvalue weighted by atomic mass is 10.0. The summed E-state index contributed by atoms with van der Waals surface area (Å²) in [6.07, 6.45) is 2.58. The highest BCUT2D eigenvalue weighted by molar-refractivity contribution is 7.99. The number of hydrogen-bond acceptors (Lipinski definition) is 3. The van der Waals surface area contributed by atoms with Gasteiger partial charge in [0.1, 0.15) is 0 Å². The molecule has 1 saturated heterocycles. The van der Waals surface area contributed by atoms with Gasteiger partial charge in [0, 0.05) is 36.2 Å². The van der Waals surface area contributed by atoms with Crippen LogP contribution in [0.5, 0.6) is 0 Å². The number of carboxylic acids is 1. The predicted octanol–water partition coefficient (Wildman–Crippen LogP) is 2.28. The lowest BCUT2D eigenvalue weighted by molar-refractivity contribution is -0.131. The Hall–Kier alpha value is -1.75. The van der Waals surface area contributed by atoms with Gasteiger partial charge >= 0.3 is 5.97 Å². The second-order valence-corrected chi connectivity index (χ2v) is 5.88. The fourth-order valence-corrected chi connectivity index (χ4v) is 2.98. The highest BCUT2D eigenvalue weighted by Gasteiger charge is 2.19. The minimum absolute atomic E-state index is 0.0355. The zero-order valence-corrected chi connectivity index (χ0v) is 12.2. The maximum absolute atomic E-state index is 12.5. The zero-order valence-electron chi connectivity index (χ0n) is 11.3. The number of amides is 1. The normalized spacial score (nSPS) is 15.6. The van der Waals surface area contributed by atoms with Gasteiger partial charge in [0.25, 0.3) is 5.91 Å². The smallest absolute Gasteiger partial charge is 0.328 e. The molecule has 0 bridgehead atoms. The molecule has 4 nitrogen and oxygen atoms in total. The van der Waals surface area contributed by atoms with Gasteiger partial charge in [-0.1, -0.05) is 12.1 Å². The predicted molar refractivity (Wildman–Crippen MR) is 81.1 cm³/mol. The Bertz CT molecular complexity index is 548. The van der Waals surface area contributed by atoms with E-state index < -0.39 is 5.97 Å². The first kappa shape index (κ1) is 14.7. The maximum Gasteiger partial charge on any atom is 0.328 e. The highest BCUT2D eigenvalue weighted by Crippen LogP contribution is 2.18. The van der Waals surface area contributed by atoms with E-state index in [-0.39, 0.29) is 5.91 Å². The van der Waals surface area contributed by atoms with Gasteiger partial charge in [-0.3, -0.25) is 4.79 Å². The van der Waals surface area contributed by atoms with Crippen LogP contribution in [0.25, 0.3) is 6.08 Å². The van der Waals surface area contributed by atoms with Gasteiger partial charge in [-0.25, -0.2) is 4.79 Å². The molecule has 0 atom stereocenters. The number of carbonyl (C=O) groups excluding carboxylic acids is 1. The summed E-state index contributed by atoms with van der Waals surface area (Å²) >= 11 is 1.86. The van der Waals surface area contributed by atoms with Crippen LogP contribution < -0.4 is 0 Å². The molecule has 0 spiro atoms. The number of rotatable bonds is 3. The van der Waals surface area contributed by atoms with Crippen LogP contribution >= 0.6 is 11.8 Å². The van der Waals surface area contributed by atoms with Gasteiger partial charge in [0.15, 0.2) is 0 Å². The van der Waals surface area contributed by atoms with Crippen molar-refractivity contribution in [1.29, 1.82) is 0 Å². The van der Waals surface area contributed by atoms with E-state index in [0.29, 0.717) is 5.56 Å². The summed E-state index contributed by atoms with van der Waals surface area (Å²) in [7, 11) is 0. The number of hydrogen-bond donors (Lipinski definition) is 1. The third-order valence-corrected chi connectivity index (χ3v) is 4.15. The molecule has 1 aliphatic rings. The molecule has 2 rings (SSSR count). The minimum Gasteiger partial charge on any atom is -0.478 e. The van der Waals surface area contributed by atoms with E-state index in [0.717, 1.165) is 41.8 Å². The number of thioether (sulfide) groups is 1. The summed E-state index contributed by atoms with van der Waals surface area (Å²) in [5, 5.41) is 8.65. The average molecular weight is 291 g/mol. The number of carbonyl (C=O) groups is 2. The summed E-state index contributed by atoms with van der Waals surface area (Å²) in [4.78, 5) is 24.9. The van der Waals surface area contributed by atoms with E-state index in [1.165, 1.54) is 6.08 Å². The van der Waals surface area contributed by atoms with Crippen LogP contribution in [0.3, 0.4) is 0 Å². The van der Waals surface area contributed by atoms with Gasteiger partial charge in [0.2, 0.25) is 0 Å². The molecule has 5 heteroatoms. The molecule has 1 amide bonds. The average Bonchev–Trinajstić information content (AvgIpc) is 2.46. The Balaban J connectivity index is 2.23. The van der Waals surface area contributed by atoms with Gasteiger partial charge in [-0.2, -0.15) is 11.8 Å². The highest BCUT2D eigenvalue weighted by atomic mass is 32.2. The van der Waals surface area contributed by atoms with Crippen molar-refractivity contribution in [2.24, 2.45) is 0 Å². The fourth-order valence-electron chi connectivity index (χ4n) is 2.08. The minimum atomic E-state index is -0.994. The Labute approximate surface area is 122 Å². The van der Waals surface area contributed by atoms with Gasteiger partial charge in [0.05, 0.1) is 0 Å². The van der Waals surface area contributed by atoms with Crippen LogP contribution in [-0.4, -0.2) is 46.5 Å². The Morgan fingerprint density at radius 3 is 2.65 bits per heavy atom. The van der Waals surface area contributed by atoms with E-state index in [1.54, 1.807) is 6.07 Å². The van der Waals surface area contributed by atoms with Crippen molar-refractivity contribution in [3.8, 4) is 0 Å². The maximum atomic E-state index is 12.5. The molecule has 1 heterocycles. The molecular formula is C15H17NO3S. The Morgan fingerprint density at radius 1 is 1.30 bits per heavy atom. The number of benzene rings is 1. The molecule has 0 radical (unpaired) electrons. The Kier molecular flexibility index (Phi) is 4.84. The first-order valence-electron chi connectivity index (χ1n) is 6.46. The molecule has 0 saturated carbocycles. The third kappa shape index (κ3) is 3.63. The molecule has 1 aromatic rings. The number of carboxylic acid groups (broad SMARTS) is 1. The van der Waals surface area contributed by atoms with Crippen LogP contribution in [0.2, 0.25) is 0 Å². The summed E-state index contributed by atoms with van der Waals surface area (Å²) < 4.78 is 0. The largest absolute Gasteiger partial charge is 0.478 e. The van der Waals surface area contributed by atoms with E-state index in [9.17, 15) is 9.59 Å². The van der Waals surface area contributed by atoms with Crippen LogP contribution in [0.4, 0.5) is 0 Å². The standard InChI is InChI=1S/C15H17NO3S/c1-11-2-3-12(4-5-14(17)18)10-13(11)15(19)16-6-8-20-9-7-16/h2-5,10H,6-9H2,1H3,(H,17,18). The first-order valence-corrected chi connectivity index (χ1v) is 7.62. The number of aliphatic carboxylic acids is 1. The van der Waals surface area contributed by atoms with Crippen molar-refractivity contribution in [3.63, 3.8) is 0 Å². The molecular weight excluding hydrogens is 274 g/mol. The molecule has 1 fully saturated rings. The van der Waals surface area contributed by atoms with Crippen molar-refractivity contribution in [3.05, 3.63) is 41.0 Å². The molecule has 1 aromatic carbocycles. The molecule has 0 aromatic heterocycles. The summed E-state index contributed by atoms with van der Waals surface area (Å²) in [5.41, 5.74) is 2.30. The lowest BCUT2D eigenvalue weighted by Gasteiger charge is -2.27. The van der Waals surface area contributed by atoms with Crippen LogP contribution in [0, 0.1) is 6.92 Å². The molecule has 1 aliphatic heterocycles. The van der Waals surface area contributed by atoms with Crippen molar-refractivity contribution in [2.45, 2.75) is 6.92 Å². The van der Waals surface area contributed by atoms with Crippen molar-refractivity contribution in [2.75, 3.05) is 24.6 Å². The molecule has 0 unspecified atom stereocenters. The van der Waals surface area contributed by atoms with Crippen LogP contribution in [-0.2, 0) is 4.79 Å². The lowest BCUT2D eigenvalue weighted by Crippen LogP contribution is -2.38. The van der Waals surface area contributed by atoms with E-state index in [4.69, 9.17) is 5.11 Å². The topological polar surface area (TPSA) is 57.6 Å². The van der Waals surface area contributed by atoms with E-state index in [2.05, 4.69) is 0 Å². The van der Waals surface area contributed by atoms with Crippen molar-refractivity contribution in [1.82, 2.24) is 4.90 Å². The number of nitrogens with zero attached hydrogens (tertiary/aromatic N) is 1. The van der Waals surface area contributed by atoms with Crippen LogP contribution in [0.15, 0.2) is 24.3 Å². The van der Waals surface area contributed by atoms with Crippen molar-refractivity contribution >= 4 is 29.7 Å². The molecule has 106 valence electrons. The summed E-state index contributed by atoms with van der Waals surface area (Å²) in [5.74, 6) is 0.993. The monoisotopic (exact) mass is 291 g/mol. The Morgan fingerprint density at radius 2 is 2.00 bits per heavy atom. The van der Waals surface area contributed by atoms with E-state index >= 15 is 0 Å². The fraction of sp³-hybridized carbons (Fsp3) is 0.333. The third-order valence-electron chi connectivity index (χ3n) is 3.21. The molecule has 1 N–H and O–H groups in total. The van der Waals surface area contributed by atoms with Gasteiger partial charge < -0.3 is 10.0 Å². The van der Waals surface area contributed by atoms with E-state index in [1.807, 2.05) is 35.7 Å². The van der Waals surface area contributed by atoms with Gasteiger partial charge in [-0.15, -0.1) is 0 Å². The summed E-state index contributed by atoms with van der Waals surface area (Å²) in [6.45, 7) is 3.45. The second kappa shape index (κ2) is 6.61. The SMILES string of the molecule is Cc1ccc(C=CC(=O)O)cc1C(=O)N1CCSCC1. The van der Waals surface area contributed by atoms with Crippen LogP contribution in [0.1, 0.15) is 21.5 Å². The zero-order chi connectivity index (χ0) is 14.5.